The fraction of sp³-hybridized carbons (Fsp3) is 0.214. The molecule has 2 aromatic carbocycles. The molecule has 2 heteroatoms. The Kier molecular flexibility index (Phi) is 2.78. The predicted octanol–water partition coefficient (Wildman–Crippen LogP) is 3.11. The summed E-state index contributed by atoms with van der Waals surface area (Å²) in [5.41, 5.74) is 2.35. The molecule has 0 saturated carbocycles. The summed E-state index contributed by atoms with van der Waals surface area (Å²) in [6.45, 7) is 2.51. The minimum Gasteiger partial charge on any atom is -0.361 e. The topological polar surface area (TPSA) is 27.0 Å². The number of aryl methyl sites for hydroxylation is 1. The van der Waals surface area contributed by atoms with E-state index in [1.165, 1.54) is 16.3 Å². The van der Waals surface area contributed by atoms with Gasteiger partial charge in [0.05, 0.1) is 6.07 Å². The third-order valence-electron chi connectivity index (χ3n) is 2.73. The lowest BCUT2D eigenvalue weighted by Crippen LogP contribution is -2.16. The van der Waals surface area contributed by atoms with E-state index < -0.39 is 0 Å². The summed E-state index contributed by atoms with van der Waals surface area (Å²) in [4.78, 5) is 1.94. The Morgan fingerprint density at radius 1 is 1.12 bits per heavy atom. The van der Waals surface area contributed by atoms with Gasteiger partial charge in [-0.05, 0) is 29.8 Å². The molecule has 0 saturated heterocycles. The third kappa shape index (κ3) is 1.99. The number of nitriles is 1. The molecule has 0 atom stereocenters. The van der Waals surface area contributed by atoms with Crippen molar-refractivity contribution >= 4 is 16.5 Å². The van der Waals surface area contributed by atoms with Crippen LogP contribution in [0, 0.1) is 18.3 Å². The molecule has 0 spiro atoms. The molecule has 0 heterocycles. The lowest BCUT2D eigenvalue weighted by Gasteiger charge is -2.15. The molecule has 0 N–H and O–H groups in total. The molecule has 0 aliphatic heterocycles. The van der Waals surface area contributed by atoms with Gasteiger partial charge < -0.3 is 4.90 Å². The van der Waals surface area contributed by atoms with Gasteiger partial charge >= 0.3 is 0 Å². The van der Waals surface area contributed by atoms with Crippen LogP contribution in [0.5, 0.6) is 0 Å². The second kappa shape index (κ2) is 4.24. The number of rotatable bonds is 2. The summed E-state index contributed by atoms with van der Waals surface area (Å²) in [7, 11) is 1.93. The van der Waals surface area contributed by atoms with Crippen LogP contribution in [0.4, 0.5) is 5.69 Å². The molecule has 0 aliphatic rings. The standard InChI is InChI=1S/C14H14N2/c1-11-3-4-13-10-14(16(2)8-7-15)6-5-12(13)9-11/h3-6,9-10H,8H2,1-2H3. The molecule has 0 fully saturated rings. The second-order valence-electron chi connectivity index (χ2n) is 4.05. The minimum absolute atomic E-state index is 0.414. The number of anilines is 1. The van der Waals surface area contributed by atoms with Crippen molar-refractivity contribution < 1.29 is 0 Å². The molecule has 0 aromatic heterocycles. The number of nitrogens with zero attached hydrogens (tertiary/aromatic N) is 2. The highest BCUT2D eigenvalue weighted by atomic mass is 15.1. The van der Waals surface area contributed by atoms with Crippen LogP contribution >= 0.6 is 0 Å². The second-order valence-corrected chi connectivity index (χ2v) is 4.05. The highest BCUT2D eigenvalue weighted by molar-refractivity contribution is 5.86. The van der Waals surface area contributed by atoms with Crippen molar-refractivity contribution in [2.45, 2.75) is 6.92 Å². The zero-order valence-electron chi connectivity index (χ0n) is 9.57. The highest BCUT2D eigenvalue weighted by Gasteiger charge is 2.01. The molecule has 0 radical (unpaired) electrons. The maximum absolute atomic E-state index is 8.66. The fourth-order valence-electron chi connectivity index (χ4n) is 1.79. The van der Waals surface area contributed by atoms with E-state index in [-0.39, 0.29) is 0 Å². The van der Waals surface area contributed by atoms with Crippen molar-refractivity contribution in [3.05, 3.63) is 42.0 Å². The monoisotopic (exact) mass is 210 g/mol. The van der Waals surface area contributed by atoms with Gasteiger partial charge in [0.25, 0.3) is 0 Å². The summed E-state index contributed by atoms with van der Waals surface area (Å²) in [6, 6.07) is 14.8. The summed E-state index contributed by atoms with van der Waals surface area (Å²) < 4.78 is 0. The van der Waals surface area contributed by atoms with E-state index >= 15 is 0 Å². The van der Waals surface area contributed by atoms with E-state index in [1.807, 2.05) is 11.9 Å². The molecule has 0 amide bonds. The Morgan fingerprint density at radius 2 is 1.81 bits per heavy atom. The van der Waals surface area contributed by atoms with E-state index in [4.69, 9.17) is 5.26 Å². The van der Waals surface area contributed by atoms with E-state index in [1.54, 1.807) is 0 Å². The zero-order chi connectivity index (χ0) is 11.5. The highest BCUT2D eigenvalue weighted by Crippen LogP contribution is 2.22. The van der Waals surface area contributed by atoms with Crippen LogP contribution in [0.25, 0.3) is 10.8 Å². The van der Waals surface area contributed by atoms with Crippen LogP contribution < -0.4 is 4.90 Å². The number of hydrogen-bond acceptors (Lipinski definition) is 2. The lowest BCUT2D eigenvalue weighted by atomic mass is 10.1. The van der Waals surface area contributed by atoms with Crippen LogP contribution in [0.2, 0.25) is 0 Å². The van der Waals surface area contributed by atoms with Gasteiger partial charge in [0.1, 0.15) is 6.54 Å². The molecule has 16 heavy (non-hydrogen) atoms. The van der Waals surface area contributed by atoms with Gasteiger partial charge in [-0.3, -0.25) is 0 Å². The summed E-state index contributed by atoms with van der Waals surface area (Å²) in [5, 5.41) is 11.1. The van der Waals surface area contributed by atoms with E-state index in [9.17, 15) is 0 Å². The van der Waals surface area contributed by atoms with E-state index in [0.717, 1.165) is 5.69 Å². The summed E-state index contributed by atoms with van der Waals surface area (Å²) >= 11 is 0. The van der Waals surface area contributed by atoms with Gasteiger partial charge in [-0.1, -0.05) is 29.8 Å². The molecule has 2 aromatic rings. The molecular formula is C14H14N2. The molecule has 80 valence electrons. The average molecular weight is 210 g/mol. The Bertz CT molecular complexity index is 552. The zero-order valence-corrected chi connectivity index (χ0v) is 9.57. The van der Waals surface area contributed by atoms with Crippen molar-refractivity contribution in [3.8, 4) is 6.07 Å². The van der Waals surface area contributed by atoms with E-state index in [2.05, 4.69) is 49.4 Å². The number of fused-ring (bicyclic) bond motifs is 1. The van der Waals surface area contributed by atoms with Crippen LogP contribution in [0.15, 0.2) is 36.4 Å². The Hall–Kier alpha value is -2.01. The maximum Gasteiger partial charge on any atom is 0.105 e. The van der Waals surface area contributed by atoms with Crippen LogP contribution in [0.1, 0.15) is 5.56 Å². The first-order chi connectivity index (χ1) is 7.70. The Balaban J connectivity index is 2.45. The van der Waals surface area contributed by atoms with Crippen LogP contribution in [-0.2, 0) is 0 Å². The van der Waals surface area contributed by atoms with Gasteiger partial charge in [-0.2, -0.15) is 5.26 Å². The summed E-state index contributed by atoms with van der Waals surface area (Å²) in [6.07, 6.45) is 0. The number of benzene rings is 2. The molecule has 2 nitrogen and oxygen atoms in total. The van der Waals surface area contributed by atoms with Crippen LogP contribution in [0.3, 0.4) is 0 Å². The van der Waals surface area contributed by atoms with Crippen molar-refractivity contribution in [1.29, 1.82) is 5.26 Å². The SMILES string of the molecule is Cc1ccc2cc(N(C)CC#N)ccc2c1. The Morgan fingerprint density at radius 3 is 2.56 bits per heavy atom. The molecule has 2 rings (SSSR count). The van der Waals surface area contributed by atoms with Crippen molar-refractivity contribution in [1.82, 2.24) is 0 Å². The van der Waals surface area contributed by atoms with Gasteiger partial charge in [0, 0.05) is 12.7 Å². The predicted molar refractivity (Wildman–Crippen MR) is 67.6 cm³/mol. The first-order valence-corrected chi connectivity index (χ1v) is 5.29. The normalized spacial score (nSPS) is 10.1. The molecule has 0 unspecified atom stereocenters. The average Bonchev–Trinajstić information content (AvgIpc) is 2.28. The van der Waals surface area contributed by atoms with Gasteiger partial charge in [-0.25, -0.2) is 0 Å². The van der Waals surface area contributed by atoms with Gasteiger partial charge in [-0.15, -0.1) is 0 Å². The van der Waals surface area contributed by atoms with Gasteiger partial charge in [0.2, 0.25) is 0 Å². The first kappa shape index (κ1) is 10.5. The smallest absolute Gasteiger partial charge is 0.105 e. The lowest BCUT2D eigenvalue weighted by molar-refractivity contribution is 1.04. The van der Waals surface area contributed by atoms with Crippen molar-refractivity contribution in [2.24, 2.45) is 0 Å². The third-order valence-corrected chi connectivity index (χ3v) is 2.73. The van der Waals surface area contributed by atoms with Crippen molar-refractivity contribution in [3.63, 3.8) is 0 Å². The molecule has 0 aliphatic carbocycles. The Labute approximate surface area is 95.7 Å². The van der Waals surface area contributed by atoms with E-state index in [0.29, 0.717) is 6.54 Å². The van der Waals surface area contributed by atoms with Crippen molar-refractivity contribution in [2.75, 3.05) is 18.5 Å². The largest absolute Gasteiger partial charge is 0.361 e. The first-order valence-electron chi connectivity index (χ1n) is 5.29. The minimum atomic E-state index is 0.414. The van der Waals surface area contributed by atoms with Gasteiger partial charge in [0.15, 0.2) is 0 Å². The fourth-order valence-corrected chi connectivity index (χ4v) is 1.79. The summed E-state index contributed by atoms with van der Waals surface area (Å²) in [5.74, 6) is 0. The van der Waals surface area contributed by atoms with Crippen LogP contribution in [-0.4, -0.2) is 13.6 Å². The quantitative estimate of drug-likeness (QED) is 0.712. The molecule has 0 bridgehead atoms. The molecular weight excluding hydrogens is 196 g/mol. The maximum atomic E-state index is 8.66. The number of hydrogen-bond donors (Lipinski definition) is 0.